The maximum absolute atomic E-state index is 2.49. The van der Waals surface area contributed by atoms with E-state index in [2.05, 4.69) is 301 Å². The second-order valence-corrected chi connectivity index (χ2v) is 19.2. The molecule has 0 aliphatic rings. The van der Waals surface area contributed by atoms with E-state index in [0.29, 0.717) is 0 Å². The second kappa shape index (κ2) is 18.1. The zero-order chi connectivity index (χ0) is 49.0. The normalized spacial score (nSPS) is 11.5. The molecule has 0 saturated carbocycles. The molecule has 0 spiro atoms. The Kier molecular flexibility index (Phi) is 10.6. The van der Waals surface area contributed by atoms with Crippen LogP contribution < -0.4 is 4.90 Å². The van der Waals surface area contributed by atoms with E-state index in [1.807, 2.05) is 0 Å². The Labute approximate surface area is 430 Å². The third-order valence-electron chi connectivity index (χ3n) is 15.0. The van der Waals surface area contributed by atoms with Gasteiger partial charge in [-0.1, -0.05) is 231 Å². The number of fused-ring (bicyclic) bond motifs is 6. The Balaban J connectivity index is 0.993. The van der Waals surface area contributed by atoms with Crippen LogP contribution in [0.1, 0.15) is 0 Å². The molecule has 1 heterocycles. The van der Waals surface area contributed by atoms with Gasteiger partial charge in [0.15, 0.2) is 0 Å². The molecular weight excluding hydrogens is 893 g/mol. The minimum absolute atomic E-state index is 1.06. The highest BCUT2D eigenvalue weighted by molar-refractivity contribution is 6.14. The van der Waals surface area contributed by atoms with Crippen LogP contribution in [0.5, 0.6) is 0 Å². The molecule has 0 aliphatic carbocycles. The van der Waals surface area contributed by atoms with Crippen LogP contribution in [0.25, 0.3) is 115 Å². The summed E-state index contributed by atoms with van der Waals surface area (Å²) in [6, 6.07) is 107. The van der Waals surface area contributed by atoms with Crippen molar-refractivity contribution in [2.45, 2.75) is 0 Å². The van der Waals surface area contributed by atoms with Gasteiger partial charge in [-0.25, -0.2) is 0 Å². The van der Waals surface area contributed by atoms with Crippen LogP contribution in [-0.2, 0) is 0 Å². The lowest BCUT2D eigenvalue weighted by Crippen LogP contribution is -2.11. The Morgan fingerprint density at radius 1 is 0.243 bits per heavy atom. The van der Waals surface area contributed by atoms with Crippen molar-refractivity contribution in [1.29, 1.82) is 0 Å². The first-order valence-electron chi connectivity index (χ1n) is 25.5. The van der Waals surface area contributed by atoms with Gasteiger partial charge in [-0.3, -0.25) is 0 Å². The molecule has 74 heavy (non-hydrogen) atoms. The van der Waals surface area contributed by atoms with Gasteiger partial charge in [0.25, 0.3) is 0 Å². The minimum atomic E-state index is 1.06. The Hall–Kier alpha value is -9.76. The van der Waals surface area contributed by atoms with Gasteiger partial charge in [0, 0.05) is 33.3 Å². The summed E-state index contributed by atoms with van der Waals surface area (Å²) in [4.78, 5) is 2.45. The highest BCUT2D eigenvalue weighted by Crippen LogP contribution is 2.47. The first kappa shape index (κ1) is 43.1. The number of benzene rings is 13. The van der Waals surface area contributed by atoms with Crippen LogP contribution in [0.15, 0.2) is 291 Å². The number of nitrogens with zero attached hydrogens (tertiary/aromatic N) is 2. The SMILES string of the molecule is c1ccc(-c2cc(-c3cccc4ccccc34)ccc2N(c2ccc(-c3c(-c4ccccc4)cccc3-n3c4ccccc4c4cc5ccccc5cc43)cc2)c2cccc(-c3cccc4ccccc34)c2)cc1. The number of rotatable bonds is 9. The van der Waals surface area contributed by atoms with Crippen LogP contribution in [0.2, 0.25) is 0 Å². The fraction of sp³-hybridized carbons (Fsp3) is 0. The minimum Gasteiger partial charge on any atom is -0.310 e. The molecule has 0 bridgehead atoms. The molecule has 0 atom stereocenters. The van der Waals surface area contributed by atoms with Crippen LogP contribution >= 0.6 is 0 Å². The van der Waals surface area contributed by atoms with Crippen molar-refractivity contribution in [3.63, 3.8) is 0 Å². The maximum atomic E-state index is 2.49. The molecule has 0 N–H and O–H groups in total. The highest BCUT2D eigenvalue weighted by atomic mass is 15.1. The largest absolute Gasteiger partial charge is 0.310 e. The fourth-order valence-electron chi connectivity index (χ4n) is 11.5. The number of hydrogen-bond acceptors (Lipinski definition) is 1. The van der Waals surface area contributed by atoms with E-state index in [1.165, 1.54) is 87.5 Å². The number of aromatic nitrogens is 1. The Morgan fingerprint density at radius 2 is 0.743 bits per heavy atom. The molecular formula is C72H48N2. The molecule has 0 amide bonds. The molecule has 1 aromatic heterocycles. The monoisotopic (exact) mass is 940 g/mol. The first-order chi connectivity index (χ1) is 36.7. The molecule has 346 valence electrons. The Morgan fingerprint density at radius 3 is 1.43 bits per heavy atom. The van der Waals surface area contributed by atoms with E-state index in [-0.39, 0.29) is 0 Å². The lowest BCUT2D eigenvalue weighted by Gasteiger charge is -2.29. The van der Waals surface area contributed by atoms with Gasteiger partial charge in [0.05, 0.1) is 22.4 Å². The van der Waals surface area contributed by atoms with E-state index in [1.54, 1.807) is 0 Å². The number of hydrogen-bond donors (Lipinski definition) is 0. The van der Waals surface area contributed by atoms with E-state index in [9.17, 15) is 0 Å². The lowest BCUT2D eigenvalue weighted by molar-refractivity contribution is 1.18. The van der Waals surface area contributed by atoms with Gasteiger partial charge in [-0.15, -0.1) is 0 Å². The molecule has 13 aromatic carbocycles. The van der Waals surface area contributed by atoms with E-state index >= 15 is 0 Å². The van der Waals surface area contributed by atoms with Crippen molar-refractivity contribution in [2.24, 2.45) is 0 Å². The summed E-state index contributed by atoms with van der Waals surface area (Å²) < 4.78 is 2.49. The van der Waals surface area contributed by atoms with Crippen molar-refractivity contribution >= 4 is 71.2 Å². The average Bonchev–Trinajstić information content (AvgIpc) is 3.82. The summed E-state index contributed by atoms with van der Waals surface area (Å²) in [6.07, 6.45) is 0. The molecule has 2 heteroatoms. The highest BCUT2D eigenvalue weighted by Gasteiger charge is 2.23. The van der Waals surface area contributed by atoms with Crippen LogP contribution in [0, 0.1) is 0 Å². The summed E-state index contributed by atoms with van der Waals surface area (Å²) in [5, 5.41) is 9.86. The van der Waals surface area contributed by atoms with Gasteiger partial charge in [-0.05, 0) is 137 Å². The third kappa shape index (κ3) is 7.43. The molecule has 0 fully saturated rings. The molecule has 2 nitrogen and oxygen atoms in total. The van der Waals surface area contributed by atoms with Crippen molar-refractivity contribution in [2.75, 3.05) is 4.90 Å². The molecule has 14 aromatic rings. The summed E-state index contributed by atoms with van der Waals surface area (Å²) in [5.41, 5.74) is 18.4. The smallest absolute Gasteiger partial charge is 0.0547 e. The molecule has 0 unspecified atom stereocenters. The Bertz CT molecular complexity index is 4400. The van der Waals surface area contributed by atoms with Crippen LogP contribution in [0.3, 0.4) is 0 Å². The predicted molar refractivity (Wildman–Crippen MR) is 315 cm³/mol. The summed E-state index contributed by atoms with van der Waals surface area (Å²) >= 11 is 0. The van der Waals surface area contributed by atoms with Crippen LogP contribution in [-0.4, -0.2) is 4.57 Å². The van der Waals surface area contributed by atoms with Gasteiger partial charge in [0.1, 0.15) is 0 Å². The zero-order valence-corrected chi connectivity index (χ0v) is 40.6. The summed E-state index contributed by atoms with van der Waals surface area (Å²) in [5.74, 6) is 0. The zero-order valence-electron chi connectivity index (χ0n) is 40.6. The van der Waals surface area contributed by atoms with E-state index < -0.39 is 0 Å². The lowest BCUT2D eigenvalue weighted by atomic mass is 9.92. The van der Waals surface area contributed by atoms with Crippen molar-refractivity contribution < 1.29 is 0 Å². The van der Waals surface area contributed by atoms with Gasteiger partial charge in [-0.2, -0.15) is 0 Å². The average molecular weight is 941 g/mol. The summed E-state index contributed by atoms with van der Waals surface area (Å²) in [7, 11) is 0. The second-order valence-electron chi connectivity index (χ2n) is 19.2. The number of para-hydroxylation sites is 1. The molecule has 0 radical (unpaired) electrons. The van der Waals surface area contributed by atoms with Crippen LogP contribution in [0.4, 0.5) is 17.1 Å². The van der Waals surface area contributed by atoms with Gasteiger partial charge >= 0.3 is 0 Å². The summed E-state index contributed by atoms with van der Waals surface area (Å²) in [6.45, 7) is 0. The molecule has 0 aliphatic heterocycles. The fourth-order valence-corrected chi connectivity index (χ4v) is 11.5. The third-order valence-corrected chi connectivity index (χ3v) is 15.0. The van der Waals surface area contributed by atoms with Gasteiger partial charge < -0.3 is 9.47 Å². The first-order valence-corrected chi connectivity index (χ1v) is 25.5. The standard InChI is InChI=1S/C72H48N2/c1-3-19-51(20-4-1)64-36-18-38-70(74-68-37-14-13-33-65(68)67-46-54-25-7-8-26-55(54)48-71(67)74)72(64)53-39-42-58(43-40-53)73(59-30-15-29-56(45-59)62-34-16-27-49-23-9-11-31-60(49)62)69-44-41-57(47-66(69)52-21-5-2-6-22-52)63-35-17-28-50-24-10-12-32-61(50)63/h1-48H. The molecule has 0 saturated heterocycles. The van der Waals surface area contributed by atoms with E-state index in [4.69, 9.17) is 0 Å². The van der Waals surface area contributed by atoms with Crippen molar-refractivity contribution in [3.8, 4) is 61.3 Å². The van der Waals surface area contributed by atoms with Gasteiger partial charge in [0.2, 0.25) is 0 Å². The quantitative estimate of drug-likeness (QED) is 0.140. The molecule has 14 rings (SSSR count). The number of anilines is 3. The maximum Gasteiger partial charge on any atom is 0.0547 e. The predicted octanol–water partition coefficient (Wildman–Crippen LogP) is 20.0. The van der Waals surface area contributed by atoms with E-state index in [0.717, 1.165) is 45.0 Å². The van der Waals surface area contributed by atoms with Crippen molar-refractivity contribution in [3.05, 3.63) is 291 Å². The topological polar surface area (TPSA) is 8.17 Å². The van der Waals surface area contributed by atoms with Crippen molar-refractivity contribution in [1.82, 2.24) is 4.57 Å².